The van der Waals surface area contributed by atoms with Crippen LogP contribution in [0, 0.1) is 0 Å². The van der Waals surface area contributed by atoms with Gasteiger partial charge in [-0.1, -0.05) is 42.5 Å². The van der Waals surface area contributed by atoms with Gasteiger partial charge in [0, 0.05) is 12.8 Å². The van der Waals surface area contributed by atoms with Gasteiger partial charge < -0.3 is 10.1 Å². The summed E-state index contributed by atoms with van der Waals surface area (Å²) >= 11 is 0. The molecule has 0 aliphatic heterocycles. The maximum Gasteiger partial charge on any atom is 0.338 e. The molecule has 0 aliphatic rings. The van der Waals surface area contributed by atoms with Crippen molar-refractivity contribution in [3.63, 3.8) is 0 Å². The fourth-order valence-corrected chi connectivity index (χ4v) is 3.16. The van der Waals surface area contributed by atoms with Crippen LogP contribution in [0.2, 0.25) is 0 Å². The normalized spacial score (nSPS) is 11.9. The van der Waals surface area contributed by atoms with E-state index in [1.807, 2.05) is 30.3 Å². The zero-order valence-corrected chi connectivity index (χ0v) is 16.9. The number of hydrogen-bond donors (Lipinski definition) is 2. The molecule has 2 rings (SSSR count). The summed E-state index contributed by atoms with van der Waals surface area (Å²) < 4.78 is 27.6. The minimum Gasteiger partial charge on any atom is -0.449 e. The summed E-state index contributed by atoms with van der Waals surface area (Å²) in [5.74, 6) is -1.67. The van der Waals surface area contributed by atoms with Gasteiger partial charge in [0.1, 0.15) is 0 Å². The number of benzene rings is 2. The van der Waals surface area contributed by atoms with Gasteiger partial charge in [-0.2, -0.15) is 0 Å². The number of hydrogen-bond acceptors (Lipinski definition) is 6. The van der Waals surface area contributed by atoms with Crippen LogP contribution in [0.1, 0.15) is 28.4 Å². The first-order valence-electron chi connectivity index (χ1n) is 8.74. The first kappa shape index (κ1) is 22.1. The molecule has 1 atom stereocenters. The zero-order valence-electron chi connectivity index (χ0n) is 16.0. The number of nitrogens with one attached hydrogen (secondary N) is 2. The van der Waals surface area contributed by atoms with Gasteiger partial charge in [0.05, 0.1) is 11.3 Å². The Morgan fingerprint density at radius 3 is 2.17 bits per heavy atom. The maximum atomic E-state index is 12.1. The van der Waals surface area contributed by atoms with Gasteiger partial charge in [-0.25, -0.2) is 18.0 Å². The molecule has 0 aromatic heterocycles. The fourth-order valence-electron chi connectivity index (χ4n) is 2.36. The van der Waals surface area contributed by atoms with Crippen LogP contribution in [0.15, 0.2) is 54.6 Å². The number of ether oxygens (including phenoxy) is 1. The molecule has 2 N–H and O–H groups in total. The molecule has 0 spiro atoms. The Balaban J connectivity index is 1.83. The van der Waals surface area contributed by atoms with Crippen molar-refractivity contribution in [2.45, 2.75) is 25.3 Å². The number of carbonyl (C=O) groups is 3. The van der Waals surface area contributed by atoms with Crippen molar-refractivity contribution in [2.24, 2.45) is 0 Å². The standard InChI is InChI=1S/C20H22N2O6S/c1-14(18(23)22-20(25)21-12-15-6-4-3-5-7-15)28-19(24)17-10-8-16(9-11-17)13-29(2,26)27/h3-11,14H,12-13H2,1-2H3,(H2,21,22,23,25)/t14-/m0/s1. The summed E-state index contributed by atoms with van der Waals surface area (Å²) in [5, 5.41) is 4.64. The smallest absolute Gasteiger partial charge is 0.338 e. The second-order valence-corrected chi connectivity index (χ2v) is 8.61. The third-order valence-electron chi connectivity index (χ3n) is 3.80. The molecule has 154 valence electrons. The molecule has 0 bridgehead atoms. The number of sulfone groups is 1. The number of rotatable bonds is 7. The molecular weight excluding hydrogens is 396 g/mol. The van der Waals surface area contributed by atoms with E-state index in [0.29, 0.717) is 5.56 Å². The van der Waals surface area contributed by atoms with Crippen LogP contribution < -0.4 is 10.6 Å². The lowest BCUT2D eigenvalue weighted by Crippen LogP contribution is -2.44. The summed E-state index contributed by atoms with van der Waals surface area (Å²) in [6.07, 6.45) is -0.0773. The molecule has 0 heterocycles. The van der Waals surface area contributed by atoms with Crippen LogP contribution in [-0.4, -0.2) is 38.7 Å². The predicted octanol–water partition coefficient (Wildman–Crippen LogP) is 1.80. The Kier molecular flexibility index (Phi) is 7.49. The molecule has 8 nitrogen and oxygen atoms in total. The highest BCUT2D eigenvalue weighted by Crippen LogP contribution is 2.10. The van der Waals surface area contributed by atoms with Crippen LogP contribution >= 0.6 is 0 Å². The van der Waals surface area contributed by atoms with Gasteiger partial charge in [-0.05, 0) is 30.2 Å². The Hall–Kier alpha value is -3.20. The number of imide groups is 1. The second-order valence-electron chi connectivity index (χ2n) is 6.47. The summed E-state index contributed by atoms with van der Waals surface area (Å²) in [4.78, 5) is 36.0. The Bertz CT molecular complexity index is 972. The highest BCUT2D eigenvalue weighted by molar-refractivity contribution is 7.89. The lowest BCUT2D eigenvalue weighted by atomic mass is 10.1. The van der Waals surface area contributed by atoms with E-state index in [0.717, 1.165) is 11.8 Å². The first-order chi connectivity index (χ1) is 13.6. The molecule has 0 radical (unpaired) electrons. The quantitative estimate of drug-likeness (QED) is 0.662. The minimum atomic E-state index is -3.18. The average Bonchev–Trinajstić information content (AvgIpc) is 2.66. The Morgan fingerprint density at radius 1 is 0.966 bits per heavy atom. The summed E-state index contributed by atoms with van der Waals surface area (Å²) in [7, 11) is -3.18. The van der Waals surface area contributed by atoms with Crippen LogP contribution in [0.5, 0.6) is 0 Å². The predicted molar refractivity (Wildman–Crippen MR) is 107 cm³/mol. The topological polar surface area (TPSA) is 119 Å². The lowest BCUT2D eigenvalue weighted by Gasteiger charge is -2.13. The van der Waals surface area contributed by atoms with Crippen molar-refractivity contribution in [1.29, 1.82) is 0 Å². The molecule has 0 aliphatic carbocycles. The Labute approximate surface area is 169 Å². The van der Waals surface area contributed by atoms with E-state index in [4.69, 9.17) is 4.74 Å². The summed E-state index contributed by atoms with van der Waals surface area (Å²) in [6, 6.07) is 14.3. The minimum absolute atomic E-state index is 0.140. The van der Waals surface area contributed by atoms with E-state index >= 15 is 0 Å². The number of esters is 1. The van der Waals surface area contributed by atoms with Crippen molar-refractivity contribution in [3.05, 3.63) is 71.3 Å². The monoisotopic (exact) mass is 418 g/mol. The fraction of sp³-hybridized carbons (Fsp3) is 0.250. The number of carbonyl (C=O) groups excluding carboxylic acids is 3. The third-order valence-corrected chi connectivity index (χ3v) is 4.66. The summed E-state index contributed by atoms with van der Waals surface area (Å²) in [5.41, 5.74) is 1.56. The van der Waals surface area contributed by atoms with Crippen LogP contribution in [0.25, 0.3) is 0 Å². The molecule has 0 saturated heterocycles. The molecule has 0 saturated carbocycles. The lowest BCUT2D eigenvalue weighted by molar-refractivity contribution is -0.127. The SMILES string of the molecule is C[C@H](OC(=O)c1ccc(CS(C)(=O)=O)cc1)C(=O)NC(=O)NCc1ccccc1. The van der Waals surface area contributed by atoms with E-state index in [1.54, 1.807) is 0 Å². The molecule has 0 fully saturated rings. The van der Waals surface area contributed by atoms with Gasteiger partial charge in [-0.15, -0.1) is 0 Å². The average molecular weight is 418 g/mol. The van der Waals surface area contributed by atoms with Gasteiger partial charge in [0.2, 0.25) is 0 Å². The van der Waals surface area contributed by atoms with E-state index in [2.05, 4.69) is 10.6 Å². The molecule has 2 aromatic carbocycles. The van der Waals surface area contributed by atoms with Crippen molar-refractivity contribution in [2.75, 3.05) is 6.26 Å². The largest absolute Gasteiger partial charge is 0.449 e. The zero-order chi connectivity index (χ0) is 21.4. The van der Waals surface area contributed by atoms with Crippen molar-refractivity contribution in [1.82, 2.24) is 10.6 Å². The highest BCUT2D eigenvalue weighted by atomic mass is 32.2. The van der Waals surface area contributed by atoms with Gasteiger partial charge in [0.15, 0.2) is 15.9 Å². The van der Waals surface area contributed by atoms with Crippen LogP contribution in [-0.2, 0) is 31.7 Å². The number of urea groups is 1. The number of amides is 3. The van der Waals surface area contributed by atoms with Gasteiger partial charge in [-0.3, -0.25) is 10.1 Å². The third kappa shape index (κ3) is 7.74. The van der Waals surface area contributed by atoms with Crippen molar-refractivity contribution < 1.29 is 27.5 Å². The van der Waals surface area contributed by atoms with E-state index in [-0.39, 0.29) is 17.9 Å². The highest BCUT2D eigenvalue weighted by Gasteiger charge is 2.21. The van der Waals surface area contributed by atoms with E-state index < -0.39 is 33.8 Å². The van der Waals surface area contributed by atoms with E-state index in [9.17, 15) is 22.8 Å². The van der Waals surface area contributed by atoms with Gasteiger partial charge >= 0.3 is 12.0 Å². The van der Waals surface area contributed by atoms with Crippen molar-refractivity contribution in [3.8, 4) is 0 Å². The maximum absolute atomic E-state index is 12.1. The molecule has 3 amide bonds. The molecule has 9 heteroatoms. The van der Waals surface area contributed by atoms with Crippen LogP contribution in [0.3, 0.4) is 0 Å². The molecule has 2 aromatic rings. The summed E-state index contributed by atoms with van der Waals surface area (Å²) in [6.45, 7) is 1.59. The second kappa shape index (κ2) is 9.83. The Morgan fingerprint density at radius 2 is 1.59 bits per heavy atom. The van der Waals surface area contributed by atoms with Gasteiger partial charge in [0.25, 0.3) is 5.91 Å². The molecule has 0 unspecified atom stereocenters. The van der Waals surface area contributed by atoms with Crippen molar-refractivity contribution >= 4 is 27.7 Å². The van der Waals surface area contributed by atoms with Crippen LogP contribution in [0.4, 0.5) is 4.79 Å². The van der Waals surface area contributed by atoms with E-state index in [1.165, 1.54) is 31.2 Å². The molecular formula is C20H22N2O6S. The first-order valence-corrected chi connectivity index (χ1v) is 10.8. The molecule has 29 heavy (non-hydrogen) atoms.